The molecule has 1 saturated heterocycles. The van der Waals surface area contributed by atoms with Crippen molar-refractivity contribution in [1.29, 1.82) is 0 Å². The average Bonchev–Trinajstić information content (AvgIpc) is 3.18. The zero-order valence-corrected chi connectivity index (χ0v) is 17.4. The first-order valence-electron chi connectivity index (χ1n) is 9.66. The Hall–Kier alpha value is -3.22. The number of anilines is 1. The summed E-state index contributed by atoms with van der Waals surface area (Å²) >= 11 is 0. The van der Waals surface area contributed by atoms with Crippen molar-refractivity contribution in [2.75, 3.05) is 23.4 Å². The number of halogens is 3. The van der Waals surface area contributed by atoms with Gasteiger partial charge in [-0.15, -0.1) is 0 Å². The highest BCUT2D eigenvalue weighted by Crippen LogP contribution is 2.30. The summed E-state index contributed by atoms with van der Waals surface area (Å²) < 4.78 is 61.7. The molecule has 3 aromatic heterocycles. The maximum atomic E-state index is 12.7. The van der Waals surface area contributed by atoms with Crippen LogP contribution >= 0.6 is 0 Å². The van der Waals surface area contributed by atoms with E-state index in [-0.39, 0.29) is 30.2 Å². The maximum absolute atomic E-state index is 12.7. The molecule has 170 valence electrons. The second-order valence-corrected chi connectivity index (χ2v) is 9.83. The lowest BCUT2D eigenvalue weighted by Gasteiger charge is -2.36. The second kappa shape index (κ2) is 8.04. The number of nitrogens with zero attached hydrogens (tertiary/aromatic N) is 3. The van der Waals surface area contributed by atoms with Crippen LogP contribution in [0, 0.1) is 0 Å². The Balaban J connectivity index is 1.64. The number of hydrogen-bond acceptors (Lipinski definition) is 7. The van der Waals surface area contributed by atoms with Gasteiger partial charge < -0.3 is 15.6 Å². The molecule has 1 aliphatic rings. The lowest BCUT2D eigenvalue weighted by atomic mass is 9.91. The number of alkyl halides is 3. The van der Waals surface area contributed by atoms with Crippen molar-refractivity contribution in [3.63, 3.8) is 0 Å². The molecule has 0 unspecified atom stereocenters. The van der Waals surface area contributed by atoms with Gasteiger partial charge in [-0.25, -0.2) is 23.4 Å². The van der Waals surface area contributed by atoms with Gasteiger partial charge in [0.25, 0.3) is 0 Å². The quantitative estimate of drug-likeness (QED) is 0.523. The number of aromatic nitrogens is 4. The number of pyridine rings is 1. The molecule has 0 bridgehead atoms. The smallest absolute Gasteiger partial charge is 0.356 e. The molecular weight excluding hydrogens is 449 g/mol. The summed E-state index contributed by atoms with van der Waals surface area (Å²) in [5, 5.41) is 5.54. The normalized spacial score (nSPS) is 17.7. The van der Waals surface area contributed by atoms with E-state index in [0.717, 1.165) is 5.39 Å². The Labute approximate surface area is 180 Å². The van der Waals surface area contributed by atoms with Gasteiger partial charge >= 0.3 is 6.18 Å². The highest BCUT2D eigenvalue weighted by atomic mass is 32.2. The Morgan fingerprint density at radius 1 is 1.16 bits per heavy atom. The van der Waals surface area contributed by atoms with E-state index in [1.807, 2.05) is 11.4 Å². The molecule has 4 heterocycles. The molecule has 13 heteroatoms. The van der Waals surface area contributed by atoms with E-state index < -0.39 is 34.0 Å². The number of nitrogens with one attached hydrogen (secondary N) is 3. The molecule has 0 aliphatic carbocycles. The number of fused-ring (bicyclic) bond motifs is 1. The largest absolute Gasteiger partial charge is 0.405 e. The lowest BCUT2D eigenvalue weighted by Crippen LogP contribution is -2.57. The Bertz CT molecular complexity index is 1240. The SMILES string of the molecule is O=C(NCC(F)(F)F)C1(Nc2ccnc(-c3c[nH]c4ncccc34)n2)CCS(=O)(=O)CC1. The van der Waals surface area contributed by atoms with Crippen LogP contribution in [0.25, 0.3) is 22.4 Å². The summed E-state index contributed by atoms with van der Waals surface area (Å²) in [6.45, 7) is -1.51. The average molecular weight is 468 g/mol. The van der Waals surface area contributed by atoms with E-state index in [4.69, 9.17) is 0 Å². The number of H-pyrrole nitrogens is 1. The van der Waals surface area contributed by atoms with Crippen molar-refractivity contribution in [2.24, 2.45) is 0 Å². The fourth-order valence-electron chi connectivity index (χ4n) is 3.59. The molecule has 0 atom stereocenters. The predicted octanol–water partition coefficient (Wildman–Crippen LogP) is 2.06. The molecule has 9 nitrogen and oxygen atoms in total. The monoisotopic (exact) mass is 468 g/mol. The lowest BCUT2D eigenvalue weighted by molar-refractivity contribution is -0.141. The standard InChI is InChI=1S/C19H19F3N6O3S/c20-19(21,22)11-26-17(29)18(4-8-32(30,31)9-5-18)28-14-3-7-24-16(27-14)13-10-25-15-12(13)2-1-6-23-15/h1-3,6-7,10H,4-5,8-9,11H2,(H,23,25)(H,26,29)(H,24,27,28). The van der Waals surface area contributed by atoms with Gasteiger partial charge in [0, 0.05) is 29.5 Å². The van der Waals surface area contributed by atoms with Crippen LogP contribution in [0.5, 0.6) is 0 Å². The van der Waals surface area contributed by atoms with E-state index >= 15 is 0 Å². The third-order valence-electron chi connectivity index (χ3n) is 5.28. The van der Waals surface area contributed by atoms with Crippen molar-refractivity contribution in [3.05, 3.63) is 36.8 Å². The molecule has 0 saturated carbocycles. The summed E-state index contributed by atoms with van der Waals surface area (Å²) in [4.78, 5) is 28.6. The van der Waals surface area contributed by atoms with Gasteiger partial charge in [0.05, 0.1) is 11.5 Å². The number of carbonyl (C=O) groups is 1. The van der Waals surface area contributed by atoms with Crippen LogP contribution in [-0.2, 0) is 14.6 Å². The number of aromatic amines is 1. The molecule has 4 rings (SSSR count). The van der Waals surface area contributed by atoms with E-state index in [1.165, 1.54) is 12.3 Å². The first kappa shape index (κ1) is 22.0. The Morgan fingerprint density at radius 2 is 1.91 bits per heavy atom. The molecule has 1 amide bonds. The van der Waals surface area contributed by atoms with Gasteiger partial charge in [-0.1, -0.05) is 0 Å². The van der Waals surface area contributed by atoms with E-state index in [1.54, 1.807) is 18.5 Å². The fraction of sp³-hybridized carbons (Fsp3) is 0.368. The van der Waals surface area contributed by atoms with Gasteiger partial charge in [0.2, 0.25) is 5.91 Å². The van der Waals surface area contributed by atoms with Crippen LogP contribution in [0.4, 0.5) is 19.0 Å². The maximum Gasteiger partial charge on any atom is 0.405 e. The molecule has 3 aromatic rings. The van der Waals surface area contributed by atoms with Crippen LogP contribution in [0.3, 0.4) is 0 Å². The fourth-order valence-corrected chi connectivity index (χ4v) is 5.11. The highest BCUT2D eigenvalue weighted by Gasteiger charge is 2.45. The van der Waals surface area contributed by atoms with Gasteiger partial charge in [0.15, 0.2) is 15.7 Å². The second-order valence-electron chi connectivity index (χ2n) is 7.52. The third kappa shape index (κ3) is 4.66. The van der Waals surface area contributed by atoms with E-state index in [0.29, 0.717) is 17.0 Å². The summed E-state index contributed by atoms with van der Waals surface area (Å²) in [5.74, 6) is -1.09. The van der Waals surface area contributed by atoms with Crippen LogP contribution in [0.2, 0.25) is 0 Å². The summed E-state index contributed by atoms with van der Waals surface area (Å²) in [5.41, 5.74) is -0.271. The molecule has 3 N–H and O–H groups in total. The van der Waals surface area contributed by atoms with Crippen LogP contribution < -0.4 is 10.6 Å². The molecule has 1 fully saturated rings. The first-order valence-corrected chi connectivity index (χ1v) is 11.5. The zero-order chi connectivity index (χ0) is 23.0. The molecule has 0 spiro atoms. The van der Waals surface area contributed by atoms with E-state index in [2.05, 4.69) is 25.3 Å². The molecular formula is C19H19F3N6O3S. The van der Waals surface area contributed by atoms with Gasteiger partial charge in [-0.2, -0.15) is 13.2 Å². The third-order valence-corrected chi connectivity index (χ3v) is 6.93. The minimum atomic E-state index is -4.59. The van der Waals surface area contributed by atoms with Gasteiger partial charge in [-0.05, 0) is 31.0 Å². The number of hydrogen-bond donors (Lipinski definition) is 3. The molecule has 32 heavy (non-hydrogen) atoms. The van der Waals surface area contributed by atoms with Gasteiger partial charge in [-0.3, -0.25) is 4.79 Å². The highest BCUT2D eigenvalue weighted by molar-refractivity contribution is 7.91. The predicted molar refractivity (Wildman–Crippen MR) is 110 cm³/mol. The zero-order valence-electron chi connectivity index (χ0n) is 16.6. The van der Waals surface area contributed by atoms with Crippen molar-refractivity contribution in [2.45, 2.75) is 24.6 Å². The summed E-state index contributed by atoms with van der Waals surface area (Å²) in [7, 11) is -3.38. The minimum absolute atomic E-state index is 0.185. The molecule has 1 aliphatic heterocycles. The Morgan fingerprint density at radius 3 is 2.62 bits per heavy atom. The van der Waals surface area contributed by atoms with Gasteiger partial charge in [0.1, 0.15) is 23.5 Å². The van der Waals surface area contributed by atoms with Crippen molar-refractivity contribution in [1.82, 2.24) is 25.3 Å². The topological polar surface area (TPSA) is 130 Å². The van der Waals surface area contributed by atoms with Crippen LogP contribution in [0.15, 0.2) is 36.8 Å². The number of carbonyl (C=O) groups excluding carboxylic acids is 1. The summed E-state index contributed by atoms with van der Waals surface area (Å²) in [6, 6.07) is 5.05. The van der Waals surface area contributed by atoms with Crippen molar-refractivity contribution in [3.8, 4) is 11.4 Å². The Kier molecular flexibility index (Phi) is 5.53. The number of sulfone groups is 1. The molecule has 0 radical (unpaired) electrons. The minimum Gasteiger partial charge on any atom is -0.356 e. The number of rotatable bonds is 5. The molecule has 0 aromatic carbocycles. The van der Waals surface area contributed by atoms with E-state index in [9.17, 15) is 26.4 Å². The summed E-state index contributed by atoms with van der Waals surface area (Å²) in [6.07, 6.45) is -0.216. The van der Waals surface area contributed by atoms with Crippen LogP contribution in [0.1, 0.15) is 12.8 Å². The van der Waals surface area contributed by atoms with Crippen molar-refractivity contribution < 1.29 is 26.4 Å². The number of amides is 1. The van der Waals surface area contributed by atoms with Crippen LogP contribution in [-0.4, -0.2) is 64.0 Å². The first-order chi connectivity index (χ1) is 15.1. The van der Waals surface area contributed by atoms with Crippen molar-refractivity contribution >= 4 is 32.6 Å².